The van der Waals surface area contributed by atoms with E-state index in [2.05, 4.69) is 49.0 Å². The summed E-state index contributed by atoms with van der Waals surface area (Å²) in [5.74, 6) is 0. The molecule has 2 aromatic carbocycles. The Labute approximate surface area is 78.5 Å². The first kappa shape index (κ1) is 8.06. The van der Waals surface area contributed by atoms with E-state index >= 15 is 0 Å². The van der Waals surface area contributed by atoms with Crippen molar-refractivity contribution in [3.8, 4) is 0 Å². The van der Waals surface area contributed by atoms with Crippen LogP contribution in [0.5, 0.6) is 0 Å². The highest BCUT2D eigenvalue weighted by molar-refractivity contribution is 5.92. The van der Waals surface area contributed by atoms with Crippen molar-refractivity contribution in [3.63, 3.8) is 0 Å². The molecule has 0 saturated carbocycles. The maximum absolute atomic E-state index is 3.98. The zero-order valence-corrected chi connectivity index (χ0v) is 7.75. The molecule has 0 aromatic heterocycles. The summed E-state index contributed by atoms with van der Waals surface area (Å²) in [7, 11) is 0. The molecule has 0 amide bonds. The Morgan fingerprint density at radius 2 is 1.69 bits per heavy atom. The Morgan fingerprint density at radius 3 is 2.46 bits per heavy atom. The van der Waals surface area contributed by atoms with Gasteiger partial charge in [0.1, 0.15) is 0 Å². The number of hydrogen-bond donors (Lipinski definition) is 0. The van der Waals surface area contributed by atoms with Crippen LogP contribution in [0.15, 0.2) is 49.0 Å². The fourth-order valence-corrected chi connectivity index (χ4v) is 1.60. The van der Waals surface area contributed by atoms with Gasteiger partial charge in [-0.25, -0.2) is 0 Å². The molecule has 0 unspecified atom stereocenters. The highest BCUT2D eigenvalue weighted by atomic mass is 14.0. The fourth-order valence-electron chi connectivity index (χ4n) is 1.60. The van der Waals surface area contributed by atoms with Gasteiger partial charge in [-0.3, -0.25) is 0 Å². The van der Waals surface area contributed by atoms with Gasteiger partial charge in [0.2, 0.25) is 0 Å². The number of rotatable bonds is 1. The Bertz CT molecular complexity index is 447. The Kier molecular flexibility index (Phi) is 1.90. The molecule has 0 saturated heterocycles. The lowest BCUT2D eigenvalue weighted by molar-refractivity contribution is 1.63. The molecule has 13 heavy (non-hydrogen) atoms. The molecular weight excluding hydrogens is 156 g/mol. The minimum Gasteiger partial charge on any atom is -0.0955 e. The summed E-state index contributed by atoms with van der Waals surface area (Å²) >= 11 is 0. The molecule has 0 atom stereocenters. The van der Waals surface area contributed by atoms with Crippen molar-refractivity contribution in [2.45, 2.75) is 6.92 Å². The lowest BCUT2D eigenvalue weighted by Gasteiger charge is -2.04. The number of fused-ring (bicyclic) bond motifs is 1. The average molecular weight is 168 g/mol. The van der Waals surface area contributed by atoms with E-state index in [1.54, 1.807) is 0 Å². The smallest absolute Gasteiger partial charge is 0.0109 e. The summed E-state index contributed by atoms with van der Waals surface area (Å²) in [6, 6.07) is 14.7. The van der Waals surface area contributed by atoms with Crippen molar-refractivity contribution in [2.24, 2.45) is 0 Å². The molecule has 0 spiro atoms. The molecule has 0 fully saturated rings. The van der Waals surface area contributed by atoms with Crippen LogP contribution in [0.25, 0.3) is 16.3 Å². The third-order valence-corrected chi connectivity index (χ3v) is 2.25. The second kappa shape index (κ2) is 3.06. The van der Waals surface area contributed by atoms with Crippen molar-refractivity contribution >= 4 is 16.3 Å². The van der Waals surface area contributed by atoms with Crippen molar-refractivity contribution in [3.05, 3.63) is 54.6 Å². The average Bonchev–Trinajstić information content (AvgIpc) is 2.17. The van der Waals surface area contributed by atoms with Gasteiger partial charge in [0.25, 0.3) is 0 Å². The number of hydrogen-bond acceptors (Lipinski definition) is 0. The standard InChI is InChI=1S/C13H12/c1-10(2)12-9-5-7-11-6-3-4-8-13(11)12/h3-9H,1H2,2H3. The van der Waals surface area contributed by atoms with Gasteiger partial charge in [-0.1, -0.05) is 54.6 Å². The van der Waals surface area contributed by atoms with Gasteiger partial charge in [0.15, 0.2) is 0 Å². The summed E-state index contributed by atoms with van der Waals surface area (Å²) in [5.41, 5.74) is 2.37. The van der Waals surface area contributed by atoms with Crippen LogP contribution in [0.1, 0.15) is 12.5 Å². The van der Waals surface area contributed by atoms with Crippen molar-refractivity contribution in [1.82, 2.24) is 0 Å². The molecular formula is C13H12. The molecule has 0 heterocycles. The SMILES string of the molecule is C=C(C)c1cccc2ccccc12. The molecule has 0 nitrogen and oxygen atoms in total. The first-order valence-electron chi connectivity index (χ1n) is 4.42. The minimum absolute atomic E-state index is 1.12. The molecule has 2 rings (SSSR count). The van der Waals surface area contributed by atoms with E-state index in [1.165, 1.54) is 16.3 Å². The minimum atomic E-state index is 1.12. The normalized spacial score (nSPS) is 10.2. The molecule has 0 heteroatoms. The van der Waals surface area contributed by atoms with Gasteiger partial charge in [0.05, 0.1) is 0 Å². The second-order valence-corrected chi connectivity index (χ2v) is 3.31. The van der Waals surface area contributed by atoms with Gasteiger partial charge in [0, 0.05) is 0 Å². The molecule has 64 valence electrons. The largest absolute Gasteiger partial charge is 0.0955 e. The molecule has 0 aliphatic rings. The third kappa shape index (κ3) is 1.35. The van der Waals surface area contributed by atoms with E-state index in [1.807, 2.05) is 6.92 Å². The van der Waals surface area contributed by atoms with Gasteiger partial charge in [-0.15, -0.1) is 0 Å². The lowest BCUT2D eigenvalue weighted by Crippen LogP contribution is -1.80. The summed E-state index contributed by atoms with van der Waals surface area (Å²) in [6.45, 7) is 6.02. The van der Waals surface area contributed by atoms with Crippen molar-refractivity contribution in [1.29, 1.82) is 0 Å². The fraction of sp³-hybridized carbons (Fsp3) is 0.0769. The van der Waals surface area contributed by atoms with Crippen LogP contribution in [0, 0.1) is 0 Å². The van der Waals surface area contributed by atoms with E-state index in [-0.39, 0.29) is 0 Å². The van der Waals surface area contributed by atoms with Crippen LogP contribution in [0.4, 0.5) is 0 Å². The van der Waals surface area contributed by atoms with Crippen LogP contribution in [0.2, 0.25) is 0 Å². The molecule has 0 N–H and O–H groups in total. The van der Waals surface area contributed by atoms with E-state index in [0.29, 0.717) is 0 Å². The van der Waals surface area contributed by atoms with Crippen LogP contribution >= 0.6 is 0 Å². The van der Waals surface area contributed by atoms with E-state index in [0.717, 1.165) is 5.57 Å². The molecule has 0 aliphatic carbocycles. The quantitative estimate of drug-likeness (QED) is 0.606. The molecule has 0 radical (unpaired) electrons. The summed E-state index contributed by atoms with van der Waals surface area (Å²) in [4.78, 5) is 0. The lowest BCUT2D eigenvalue weighted by atomic mass is 10.0. The Morgan fingerprint density at radius 1 is 1.00 bits per heavy atom. The maximum atomic E-state index is 3.98. The van der Waals surface area contributed by atoms with Crippen molar-refractivity contribution in [2.75, 3.05) is 0 Å². The topological polar surface area (TPSA) is 0 Å². The molecule has 0 bridgehead atoms. The molecule has 0 aliphatic heterocycles. The zero-order chi connectivity index (χ0) is 9.26. The zero-order valence-electron chi connectivity index (χ0n) is 7.75. The van der Waals surface area contributed by atoms with Crippen LogP contribution in [0.3, 0.4) is 0 Å². The van der Waals surface area contributed by atoms with Gasteiger partial charge in [-0.2, -0.15) is 0 Å². The summed E-state index contributed by atoms with van der Waals surface area (Å²) in [6.07, 6.45) is 0. The first-order chi connectivity index (χ1) is 6.29. The maximum Gasteiger partial charge on any atom is -0.0109 e. The highest BCUT2D eigenvalue weighted by Gasteiger charge is 1.98. The van der Waals surface area contributed by atoms with Gasteiger partial charge < -0.3 is 0 Å². The molecule has 2 aromatic rings. The predicted molar refractivity (Wildman–Crippen MR) is 58.7 cm³/mol. The Hall–Kier alpha value is -1.56. The van der Waals surface area contributed by atoms with Crippen LogP contribution < -0.4 is 0 Å². The van der Waals surface area contributed by atoms with E-state index < -0.39 is 0 Å². The summed E-state index contributed by atoms with van der Waals surface area (Å²) in [5, 5.41) is 2.57. The van der Waals surface area contributed by atoms with E-state index in [9.17, 15) is 0 Å². The summed E-state index contributed by atoms with van der Waals surface area (Å²) < 4.78 is 0. The number of allylic oxidation sites excluding steroid dienone is 1. The second-order valence-electron chi connectivity index (χ2n) is 3.31. The predicted octanol–water partition coefficient (Wildman–Crippen LogP) is 3.87. The van der Waals surface area contributed by atoms with E-state index in [4.69, 9.17) is 0 Å². The van der Waals surface area contributed by atoms with Gasteiger partial charge in [-0.05, 0) is 23.3 Å². The third-order valence-electron chi connectivity index (χ3n) is 2.25. The van der Waals surface area contributed by atoms with Crippen LogP contribution in [-0.4, -0.2) is 0 Å². The first-order valence-corrected chi connectivity index (χ1v) is 4.42. The Balaban J connectivity index is 2.83. The number of benzene rings is 2. The van der Waals surface area contributed by atoms with Crippen LogP contribution in [-0.2, 0) is 0 Å². The van der Waals surface area contributed by atoms with Gasteiger partial charge >= 0.3 is 0 Å². The highest BCUT2D eigenvalue weighted by Crippen LogP contribution is 2.23. The monoisotopic (exact) mass is 168 g/mol. The van der Waals surface area contributed by atoms with Crippen molar-refractivity contribution < 1.29 is 0 Å².